The normalized spacial score (nSPS) is 17.4. The molecule has 0 aromatic heterocycles. The number of halogens is 5. The van der Waals surface area contributed by atoms with E-state index in [0.29, 0.717) is 6.07 Å². The molecule has 1 aliphatic rings. The van der Waals surface area contributed by atoms with Crippen LogP contribution in [-0.2, 0) is 9.05 Å². The number of hydrogen-bond acceptors (Lipinski definition) is 3. The summed E-state index contributed by atoms with van der Waals surface area (Å²) >= 11 is 0. The summed E-state index contributed by atoms with van der Waals surface area (Å²) in [5.41, 5.74) is -3.01. The lowest BCUT2D eigenvalue weighted by Crippen LogP contribution is -2.48. The first-order valence-corrected chi connectivity index (χ1v) is 7.91. The van der Waals surface area contributed by atoms with E-state index in [0.717, 1.165) is 12.1 Å². The molecule has 0 saturated heterocycles. The van der Waals surface area contributed by atoms with Crippen molar-refractivity contribution in [3.8, 4) is 0 Å². The summed E-state index contributed by atoms with van der Waals surface area (Å²) in [6.45, 7) is 0. The van der Waals surface area contributed by atoms with Gasteiger partial charge in [-0.25, -0.2) is 12.8 Å². The van der Waals surface area contributed by atoms with Crippen LogP contribution in [0.4, 0.5) is 17.6 Å². The van der Waals surface area contributed by atoms with Gasteiger partial charge in [-0.1, -0.05) is 0 Å². The molecule has 1 saturated carbocycles. The first kappa shape index (κ1) is 16.0. The van der Waals surface area contributed by atoms with Gasteiger partial charge in [-0.2, -0.15) is 13.2 Å². The third-order valence-corrected chi connectivity index (χ3v) is 4.46. The molecule has 4 nitrogen and oxygen atoms in total. The van der Waals surface area contributed by atoms with Gasteiger partial charge < -0.3 is 5.32 Å². The summed E-state index contributed by atoms with van der Waals surface area (Å²) in [7, 11) is 0.802. The number of hydrogen-bond donors (Lipinski definition) is 1. The molecular formula is C11H8ClF4NO3S. The van der Waals surface area contributed by atoms with Gasteiger partial charge in [0, 0.05) is 10.7 Å². The maximum absolute atomic E-state index is 13.7. The van der Waals surface area contributed by atoms with Gasteiger partial charge in [0.25, 0.3) is 15.0 Å². The highest BCUT2D eigenvalue weighted by Crippen LogP contribution is 2.49. The molecule has 10 heteroatoms. The topological polar surface area (TPSA) is 63.2 Å². The molecule has 1 aliphatic carbocycles. The van der Waals surface area contributed by atoms with Crippen molar-refractivity contribution in [3.63, 3.8) is 0 Å². The number of rotatable bonds is 3. The van der Waals surface area contributed by atoms with Gasteiger partial charge in [0.15, 0.2) is 0 Å². The number of benzene rings is 1. The van der Waals surface area contributed by atoms with Crippen LogP contribution in [0.25, 0.3) is 0 Å². The van der Waals surface area contributed by atoms with Crippen LogP contribution in [0.2, 0.25) is 0 Å². The first-order valence-electron chi connectivity index (χ1n) is 5.60. The fourth-order valence-corrected chi connectivity index (χ4v) is 2.48. The molecule has 0 aliphatic heterocycles. The smallest absolute Gasteiger partial charge is 0.338 e. The van der Waals surface area contributed by atoms with E-state index in [1.165, 1.54) is 0 Å². The molecule has 2 rings (SSSR count). The minimum Gasteiger partial charge on any atom is -0.338 e. The molecule has 116 valence electrons. The average Bonchev–Trinajstić information content (AvgIpc) is 3.07. The van der Waals surface area contributed by atoms with Crippen LogP contribution >= 0.6 is 10.7 Å². The van der Waals surface area contributed by atoms with E-state index in [9.17, 15) is 30.8 Å². The molecule has 0 atom stereocenters. The maximum Gasteiger partial charge on any atom is 0.411 e. The second-order valence-corrected chi connectivity index (χ2v) is 7.18. The van der Waals surface area contributed by atoms with Gasteiger partial charge >= 0.3 is 6.18 Å². The SMILES string of the molecule is O=C(NC1(C(F)(F)F)CC1)c1ccc(S(=O)(=O)Cl)cc1F. The lowest BCUT2D eigenvalue weighted by atomic mass is 10.1. The zero-order valence-corrected chi connectivity index (χ0v) is 11.7. The van der Waals surface area contributed by atoms with E-state index in [2.05, 4.69) is 0 Å². The van der Waals surface area contributed by atoms with E-state index in [1.54, 1.807) is 5.32 Å². The van der Waals surface area contributed by atoms with Gasteiger partial charge in [0.05, 0.1) is 10.5 Å². The Balaban J connectivity index is 2.26. The zero-order valence-electron chi connectivity index (χ0n) is 10.2. The molecule has 1 aromatic rings. The van der Waals surface area contributed by atoms with Crippen molar-refractivity contribution in [1.82, 2.24) is 5.32 Å². The number of amides is 1. The lowest BCUT2D eigenvalue weighted by Gasteiger charge is -2.20. The third kappa shape index (κ3) is 3.13. The summed E-state index contributed by atoms with van der Waals surface area (Å²) in [5, 5.41) is 1.74. The Bertz CT molecular complexity index is 698. The van der Waals surface area contributed by atoms with Crippen LogP contribution in [0.15, 0.2) is 23.1 Å². The molecule has 0 radical (unpaired) electrons. The molecule has 0 unspecified atom stereocenters. The Morgan fingerprint density at radius 2 is 1.86 bits per heavy atom. The Hall–Kier alpha value is -1.35. The van der Waals surface area contributed by atoms with Crippen LogP contribution in [-0.4, -0.2) is 26.0 Å². The Labute approximate surface area is 121 Å². The summed E-state index contributed by atoms with van der Waals surface area (Å²) in [6, 6.07) is 2.09. The molecule has 1 aromatic carbocycles. The monoisotopic (exact) mass is 345 g/mol. The van der Waals surface area contributed by atoms with Gasteiger partial charge in [-0.3, -0.25) is 4.79 Å². The van der Waals surface area contributed by atoms with Crippen molar-refractivity contribution in [2.75, 3.05) is 0 Å². The van der Waals surface area contributed by atoms with Gasteiger partial charge in [0.1, 0.15) is 11.4 Å². The maximum atomic E-state index is 13.7. The van der Waals surface area contributed by atoms with E-state index in [4.69, 9.17) is 10.7 Å². The highest BCUT2D eigenvalue weighted by Gasteiger charge is 2.64. The third-order valence-electron chi connectivity index (χ3n) is 3.11. The van der Waals surface area contributed by atoms with Gasteiger partial charge in [-0.05, 0) is 31.0 Å². The standard InChI is InChI=1S/C11H8ClF4NO3S/c12-21(19,20)6-1-2-7(8(13)5-6)9(18)17-10(3-4-10)11(14,15)16/h1-2,5H,3-4H2,(H,17,18). The molecule has 1 amide bonds. The highest BCUT2D eigenvalue weighted by molar-refractivity contribution is 8.13. The minimum absolute atomic E-state index is 0.280. The van der Waals surface area contributed by atoms with Crippen molar-refractivity contribution >= 4 is 25.6 Å². The zero-order chi connectivity index (χ0) is 16.1. The molecule has 0 heterocycles. The van der Waals surface area contributed by atoms with Crippen molar-refractivity contribution < 1.29 is 30.8 Å². The van der Waals surface area contributed by atoms with Crippen molar-refractivity contribution in [2.45, 2.75) is 29.5 Å². The Morgan fingerprint density at radius 3 is 2.24 bits per heavy atom. The largest absolute Gasteiger partial charge is 0.411 e. The molecule has 0 spiro atoms. The van der Waals surface area contributed by atoms with Crippen molar-refractivity contribution in [2.24, 2.45) is 0 Å². The molecule has 1 N–H and O–H groups in total. The van der Waals surface area contributed by atoms with Gasteiger partial charge in [-0.15, -0.1) is 0 Å². The van der Waals surface area contributed by atoms with Crippen LogP contribution in [0.1, 0.15) is 23.2 Å². The van der Waals surface area contributed by atoms with Crippen molar-refractivity contribution in [3.05, 3.63) is 29.6 Å². The number of carbonyl (C=O) groups is 1. The predicted octanol–water partition coefficient (Wildman–Crippen LogP) is 2.58. The quantitative estimate of drug-likeness (QED) is 0.676. The second kappa shape index (κ2) is 4.84. The van der Waals surface area contributed by atoms with E-state index >= 15 is 0 Å². The number of alkyl halides is 3. The summed E-state index contributed by atoms with van der Waals surface area (Å²) in [6.07, 6.45) is -5.19. The van der Waals surface area contributed by atoms with Crippen LogP contribution < -0.4 is 5.32 Å². The van der Waals surface area contributed by atoms with E-state index < -0.39 is 42.9 Å². The fourth-order valence-electron chi connectivity index (χ4n) is 1.72. The molecule has 1 fully saturated rings. The first-order chi connectivity index (χ1) is 9.46. The average molecular weight is 346 g/mol. The van der Waals surface area contributed by atoms with Crippen LogP contribution in [0, 0.1) is 5.82 Å². The summed E-state index contributed by atoms with van der Waals surface area (Å²) < 4.78 is 73.7. The number of nitrogens with one attached hydrogen (secondary N) is 1. The lowest BCUT2D eigenvalue weighted by molar-refractivity contribution is -0.163. The van der Waals surface area contributed by atoms with E-state index in [1.807, 2.05) is 0 Å². The molecule has 21 heavy (non-hydrogen) atoms. The Kier molecular flexibility index (Phi) is 3.69. The predicted molar refractivity (Wildman–Crippen MR) is 64.9 cm³/mol. The van der Waals surface area contributed by atoms with E-state index in [-0.39, 0.29) is 12.8 Å². The Morgan fingerprint density at radius 1 is 1.29 bits per heavy atom. The summed E-state index contributed by atoms with van der Waals surface area (Å²) in [5.74, 6) is -2.53. The summed E-state index contributed by atoms with van der Waals surface area (Å²) in [4.78, 5) is 11.1. The second-order valence-electron chi connectivity index (χ2n) is 4.61. The van der Waals surface area contributed by atoms with Crippen LogP contribution in [0.5, 0.6) is 0 Å². The number of carbonyl (C=O) groups excluding carboxylic acids is 1. The van der Waals surface area contributed by atoms with Gasteiger partial charge in [0.2, 0.25) is 0 Å². The molecule has 0 bridgehead atoms. The van der Waals surface area contributed by atoms with Crippen LogP contribution in [0.3, 0.4) is 0 Å². The minimum atomic E-state index is -4.63. The highest BCUT2D eigenvalue weighted by atomic mass is 35.7. The fraction of sp³-hybridized carbons (Fsp3) is 0.364. The van der Waals surface area contributed by atoms with Crippen molar-refractivity contribution in [1.29, 1.82) is 0 Å². The molecular weight excluding hydrogens is 338 g/mol.